The van der Waals surface area contributed by atoms with Crippen molar-refractivity contribution < 1.29 is 52.9 Å². The van der Waals surface area contributed by atoms with Crippen LogP contribution in [0.25, 0.3) is 43.6 Å². The molecule has 1 fully saturated rings. The Morgan fingerprint density at radius 2 is 0.746 bits per heavy atom. The number of rotatable bonds is 15. The zero-order valence-corrected chi connectivity index (χ0v) is 78.3. The van der Waals surface area contributed by atoms with E-state index >= 15 is 0 Å². The Hall–Kier alpha value is -11.3. The fraction of sp³-hybridized carbons (Fsp3) is 0.220. The summed E-state index contributed by atoms with van der Waals surface area (Å²) in [5, 5.41) is 28.6. The van der Waals surface area contributed by atoms with E-state index in [4.69, 9.17) is 93.3 Å². The van der Waals surface area contributed by atoms with E-state index < -0.39 is 29.2 Å². The van der Waals surface area contributed by atoms with Crippen molar-refractivity contribution in [2.45, 2.75) is 82.6 Å². The summed E-state index contributed by atoms with van der Waals surface area (Å²) in [5.41, 5.74) is 17.0. The van der Waals surface area contributed by atoms with Crippen LogP contribution in [0, 0.1) is 13.7 Å². The Morgan fingerprint density at radius 3 is 1.11 bits per heavy atom. The molecule has 15 aromatic rings. The number of nitrogens with one attached hydrogen (secondary N) is 4. The number of carbonyl (C=O) groups excluding carboxylic acids is 4. The van der Waals surface area contributed by atoms with Crippen molar-refractivity contribution in [1.29, 1.82) is 0 Å². The molecule has 0 saturated carbocycles. The third-order valence-electron chi connectivity index (χ3n) is 24.0. The summed E-state index contributed by atoms with van der Waals surface area (Å²) in [6, 6.07) is 72.5. The van der Waals surface area contributed by atoms with Gasteiger partial charge in [-0.15, -0.1) is 0 Å². The number of nitrogens with zero attached hydrogens (tertiary/aromatic N) is 6. The second-order valence-corrected chi connectivity index (χ2v) is 36.8. The molecule has 11 aromatic carbocycles. The number of hydrogen-bond donors (Lipinski definition) is 5. The summed E-state index contributed by atoms with van der Waals surface area (Å²) in [5.74, 6) is 2.12. The van der Waals surface area contributed by atoms with Crippen LogP contribution in [0.4, 0.5) is 24.9 Å². The van der Waals surface area contributed by atoms with Gasteiger partial charge in [0.1, 0.15) is 47.2 Å². The van der Waals surface area contributed by atoms with Gasteiger partial charge in [-0.1, -0.05) is 134 Å². The number of aliphatic hydroxyl groups excluding tert-OH is 1. The first-order valence-electron chi connectivity index (χ1n) is 42.6. The quantitative estimate of drug-likeness (QED) is 0.0277. The van der Waals surface area contributed by atoms with E-state index in [0.717, 1.165) is 128 Å². The number of benzene rings is 11. The summed E-state index contributed by atoms with van der Waals surface area (Å²) in [4.78, 5) is 86.7. The standard InChI is InChI=1S/C31H31Cl2N3O3.C24H17Cl2IN2O2.C24H17Cl2N3O4.C21H21BrN2O3/c32-22-6-11-25(12-7-22)39-31(37)36-18-14-26-27-20-23(33)8-13-28(27)34-29(26)30(36)21-4-9-24(10-5-21)38-19-3-17-35-15-1-2-16-35;25-15-3-8-18(9-4-15)31-24(30)29-12-11-19-20-13-16(26)5-10-21(20)28-22(19)23(29)14-1-6-17(27)7-2-14;25-15-3-8-18(9-4-15)33-24(30)28-12-11-19-20-13-16(26)5-10-21(20)27-22(19)23(28)14-1-6-17(7-2-14)29(31)32;1-2-27-21(26)24-10-9-16-17-11-15(22)7-8-18(17)23-19(16)20(24)14-5-3-13(12-25)4-6-14/h4-13,20,30,34H,1-3,14-19H2;1-10,13,23,28H,11-12H2;1-10,13,23,27H,11-12H2;3-8,11,20,23,25H,2,9-10,12H2,1H3. The molecular weight excluding hydrogens is 1950 g/mol. The van der Waals surface area contributed by atoms with Crippen molar-refractivity contribution in [2.24, 2.45) is 0 Å². The van der Waals surface area contributed by atoms with Crippen LogP contribution >= 0.6 is 108 Å². The Kier molecular flexibility index (Phi) is 28.3. The highest BCUT2D eigenvalue weighted by Gasteiger charge is 2.41. The van der Waals surface area contributed by atoms with E-state index in [-0.39, 0.29) is 36.5 Å². The number of nitro groups is 1. The molecule has 4 atom stereocenters. The molecule has 0 spiro atoms. The maximum Gasteiger partial charge on any atom is 0.416 e. The van der Waals surface area contributed by atoms with Gasteiger partial charge in [0.15, 0.2) is 0 Å². The van der Waals surface area contributed by atoms with Crippen molar-refractivity contribution in [3.05, 3.63) is 364 Å². The molecule has 664 valence electrons. The number of nitro benzene ring substituents is 1. The Bertz CT molecular complexity index is 6660. The monoisotopic (exact) mass is 2030 g/mol. The van der Waals surface area contributed by atoms with Crippen molar-refractivity contribution in [2.75, 3.05) is 59.0 Å². The molecule has 130 heavy (non-hydrogen) atoms. The molecule has 4 unspecified atom stereocenters. The first kappa shape index (κ1) is 90.7. The average Bonchev–Trinajstić information content (AvgIpc) is 1.61. The third-order valence-corrected chi connectivity index (χ3v) is 26.7. The molecule has 30 heteroatoms. The predicted molar refractivity (Wildman–Crippen MR) is 521 cm³/mol. The lowest BCUT2D eigenvalue weighted by Crippen LogP contribution is -2.42. The summed E-state index contributed by atoms with van der Waals surface area (Å²) < 4.78 is 30.6. The number of fused-ring (bicyclic) bond motifs is 12. The molecule has 20 rings (SSSR count). The molecule has 4 amide bonds. The number of amides is 4. The summed E-state index contributed by atoms with van der Waals surface area (Å²) in [6.07, 6.45) is 4.77. The minimum absolute atomic E-state index is 0.00178. The number of H-pyrrole nitrogens is 4. The van der Waals surface area contributed by atoms with E-state index in [1.807, 2.05) is 122 Å². The van der Waals surface area contributed by atoms with Gasteiger partial charge >= 0.3 is 24.4 Å². The van der Waals surface area contributed by atoms with Crippen molar-refractivity contribution >= 4 is 182 Å². The second kappa shape index (κ2) is 40.6. The van der Waals surface area contributed by atoms with Gasteiger partial charge in [0.05, 0.1) is 24.7 Å². The Labute approximate surface area is 800 Å². The SMILES string of the molecule is CCOC(=O)N1CCc2c([nH]c3ccc(Br)cc23)C1c1ccc(CO)cc1.O=C(Oc1ccc(Cl)cc1)N1CCc2c([nH]c3ccc(Cl)cc23)C1c1ccc(I)cc1.O=C(Oc1ccc(Cl)cc1)N1CCc2c([nH]c3ccc(Cl)cc23)C1c1ccc(OCCCN2CCCC2)cc1.O=C(Oc1ccc(Cl)cc1)N1CCc2c([nH]c3ccc(Cl)cc23)C1c1ccc([N+](=O)[O-])cc1. The highest BCUT2D eigenvalue weighted by molar-refractivity contribution is 14.1. The molecule has 5 N–H and O–H groups in total. The highest BCUT2D eigenvalue weighted by atomic mass is 127. The van der Waals surface area contributed by atoms with Crippen LogP contribution in [0.2, 0.25) is 30.1 Å². The lowest BCUT2D eigenvalue weighted by molar-refractivity contribution is -0.384. The largest absolute Gasteiger partial charge is 0.494 e. The van der Waals surface area contributed by atoms with E-state index in [1.165, 1.54) is 60.1 Å². The summed E-state index contributed by atoms with van der Waals surface area (Å²) in [6.45, 7) is 8.38. The molecule has 0 radical (unpaired) electrons. The lowest BCUT2D eigenvalue weighted by atomic mass is 9.92. The fourth-order valence-electron chi connectivity index (χ4n) is 17.9. The first-order valence-corrected chi connectivity index (χ1v) is 46.7. The fourth-order valence-corrected chi connectivity index (χ4v) is 19.5. The van der Waals surface area contributed by atoms with Gasteiger partial charge in [-0.25, -0.2) is 19.2 Å². The number of aromatic amines is 4. The molecule has 4 aromatic heterocycles. The van der Waals surface area contributed by atoms with Crippen LogP contribution in [0.1, 0.15) is 123 Å². The molecule has 1 saturated heterocycles. The second-order valence-electron chi connectivity index (χ2n) is 32.0. The molecule has 9 heterocycles. The minimum Gasteiger partial charge on any atom is -0.494 e. The molecule has 5 aliphatic heterocycles. The van der Waals surface area contributed by atoms with Crippen LogP contribution < -0.4 is 18.9 Å². The van der Waals surface area contributed by atoms with Crippen LogP contribution in [0.15, 0.2) is 247 Å². The van der Waals surface area contributed by atoms with Gasteiger partial charge in [-0.05, 0) is 320 Å². The normalized spacial score (nSPS) is 16.3. The van der Waals surface area contributed by atoms with Gasteiger partial charge in [0.25, 0.3) is 5.69 Å². The molecule has 5 aliphatic rings. The molecular formula is C100H86BrCl6IN10O12. The number of likely N-dealkylation sites (tertiary alicyclic amines) is 1. The van der Waals surface area contributed by atoms with E-state index in [1.54, 1.807) is 111 Å². The number of aromatic nitrogens is 4. The zero-order valence-electron chi connectivity index (χ0n) is 70.1. The first-order chi connectivity index (χ1) is 63.1. The third kappa shape index (κ3) is 20.3. The maximum atomic E-state index is 13.5. The van der Waals surface area contributed by atoms with Crippen molar-refractivity contribution in [3.8, 4) is 23.0 Å². The lowest BCUT2D eigenvalue weighted by Gasteiger charge is -2.35. The smallest absolute Gasteiger partial charge is 0.416 e. The van der Waals surface area contributed by atoms with Crippen LogP contribution in [0.3, 0.4) is 0 Å². The van der Waals surface area contributed by atoms with Crippen LogP contribution in [0.5, 0.6) is 23.0 Å². The molecule has 22 nitrogen and oxygen atoms in total. The molecule has 0 aliphatic carbocycles. The number of non-ortho nitro benzene ring substituents is 1. The maximum absolute atomic E-state index is 13.5. The van der Waals surface area contributed by atoms with Gasteiger partial charge in [0.2, 0.25) is 0 Å². The highest BCUT2D eigenvalue weighted by Crippen LogP contribution is 2.46. The van der Waals surface area contributed by atoms with Gasteiger partial charge in [-0.3, -0.25) is 29.7 Å². The van der Waals surface area contributed by atoms with Crippen LogP contribution in [-0.2, 0) is 37.0 Å². The topological polar surface area (TPSA) is 257 Å². The minimum atomic E-state index is -0.525. The predicted octanol–water partition coefficient (Wildman–Crippen LogP) is 25.8. The Balaban J connectivity index is 0.000000122. The van der Waals surface area contributed by atoms with Crippen molar-refractivity contribution in [3.63, 3.8) is 0 Å². The number of aliphatic hydroxyl groups is 1. The van der Waals surface area contributed by atoms with Gasteiger partial charge in [-0.2, -0.15) is 0 Å². The average molecular weight is 2040 g/mol. The van der Waals surface area contributed by atoms with E-state index in [2.05, 4.69) is 87.6 Å². The van der Waals surface area contributed by atoms with E-state index in [9.17, 15) is 34.4 Å². The summed E-state index contributed by atoms with van der Waals surface area (Å²) >= 11 is 42.6. The number of ether oxygens (including phenoxy) is 5. The number of hydrogen-bond acceptors (Lipinski definition) is 13. The Morgan fingerprint density at radius 1 is 0.423 bits per heavy atom. The number of carbonyl (C=O) groups is 4. The zero-order chi connectivity index (χ0) is 90.4. The van der Waals surface area contributed by atoms with Crippen LogP contribution in [-0.4, -0.2) is 138 Å². The molecule has 0 bridgehead atoms. The van der Waals surface area contributed by atoms with Gasteiger partial charge in [0, 0.05) is 149 Å². The summed E-state index contributed by atoms with van der Waals surface area (Å²) in [7, 11) is 0. The van der Waals surface area contributed by atoms with Crippen molar-refractivity contribution in [1.82, 2.24) is 44.4 Å². The van der Waals surface area contributed by atoms with E-state index in [0.29, 0.717) is 106 Å². The number of halogens is 8. The van der Waals surface area contributed by atoms with Gasteiger partial charge < -0.3 is 53.6 Å².